The molecule has 6 nitrogen and oxygen atoms in total. The van der Waals surface area contributed by atoms with Crippen LogP contribution in [-0.2, 0) is 17.8 Å². The third-order valence-electron chi connectivity index (χ3n) is 3.63. The highest BCUT2D eigenvalue weighted by Crippen LogP contribution is 2.12. The van der Waals surface area contributed by atoms with Crippen LogP contribution in [0.4, 0.5) is 5.69 Å². The molecule has 0 aliphatic rings. The number of carbonyl (C=O) groups excluding carboxylic acids is 1. The number of carbonyl (C=O) groups is 1. The Balaban J connectivity index is 2.00. The lowest BCUT2D eigenvalue weighted by atomic mass is 10.1. The number of anilines is 1. The van der Waals surface area contributed by atoms with Gasteiger partial charge in [0.05, 0.1) is 30.6 Å². The Morgan fingerprint density at radius 1 is 1.25 bits per heavy atom. The van der Waals surface area contributed by atoms with Gasteiger partial charge in [-0.3, -0.25) is 9.48 Å². The van der Waals surface area contributed by atoms with Crippen molar-refractivity contribution in [2.75, 3.05) is 5.32 Å². The Labute approximate surface area is 141 Å². The first-order valence-electron chi connectivity index (χ1n) is 7.71. The van der Waals surface area contributed by atoms with Crippen molar-refractivity contribution < 1.29 is 10.0 Å². The molecule has 1 aromatic carbocycles. The lowest BCUT2D eigenvalue weighted by molar-refractivity contribution is -0.115. The van der Waals surface area contributed by atoms with Crippen LogP contribution >= 0.6 is 0 Å². The molecular weight excluding hydrogens is 304 g/mol. The first-order chi connectivity index (χ1) is 11.5. The first-order valence-corrected chi connectivity index (χ1v) is 7.71. The number of allylic oxidation sites excluding steroid dienone is 2. The highest BCUT2D eigenvalue weighted by molar-refractivity contribution is 5.98. The highest BCUT2D eigenvalue weighted by atomic mass is 16.4. The summed E-state index contributed by atoms with van der Waals surface area (Å²) in [6, 6.07) is 9.57. The number of rotatable bonds is 6. The summed E-state index contributed by atoms with van der Waals surface area (Å²) in [6.07, 6.45) is 3.69. The van der Waals surface area contributed by atoms with Gasteiger partial charge in [-0.1, -0.05) is 41.1 Å². The molecule has 0 unspecified atom stereocenters. The monoisotopic (exact) mass is 326 g/mol. The number of aromatic nitrogens is 2. The van der Waals surface area contributed by atoms with E-state index in [1.807, 2.05) is 44.2 Å². The highest BCUT2D eigenvalue weighted by Gasteiger charge is 2.09. The van der Waals surface area contributed by atoms with Crippen molar-refractivity contribution in [1.82, 2.24) is 9.78 Å². The molecule has 6 heteroatoms. The van der Waals surface area contributed by atoms with E-state index in [1.165, 1.54) is 0 Å². The molecular formula is C18H22N4O2. The van der Waals surface area contributed by atoms with Gasteiger partial charge in [-0.05, 0) is 31.9 Å². The van der Waals surface area contributed by atoms with Gasteiger partial charge in [0.15, 0.2) is 0 Å². The molecule has 0 aliphatic heterocycles. The largest absolute Gasteiger partial charge is 0.411 e. The number of hydrogen-bond donors (Lipinski definition) is 2. The molecule has 1 amide bonds. The molecule has 2 rings (SSSR count). The maximum absolute atomic E-state index is 12.1. The van der Waals surface area contributed by atoms with Gasteiger partial charge in [-0.25, -0.2) is 0 Å². The Morgan fingerprint density at radius 3 is 2.58 bits per heavy atom. The van der Waals surface area contributed by atoms with Gasteiger partial charge < -0.3 is 10.5 Å². The molecule has 0 saturated heterocycles. The standard InChI is InChI=1S/C18H22N4O2/c1-13(2)17(14(3)21-24)12-22-11-16(10-19-22)20-18(23)9-15-7-5-4-6-8-15/h4-8,10-11,24H,9,12H2,1-3H3,(H,20,23)/b21-14-. The van der Waals surface area contributed by atoms with Crippen LogP contribution in [0, 0.1) is 0 Å². The normalized spacial score (nSPS) is 11.2. The second-order valence-corrected chi connectivity index (χ2v) is 5.80. The molecule has 0 radical (unpaired) electrons. The van der Waals surface area contributed by atoms with Crippen molar-refractivity contribution in [3.05, 3.63) is 59.4 Å². The second-order valence-electron chi connectivity index (χ2n) is 5.80. The lowest BCUT2D eigenvalue weighted by Gasteiger charge is -2.08. The number of nitrogens with zero attached hydrogens (tertiary/aromatic N) is 3. The van der Waals surface area contributed by atoms with Crippen LogP contribution in [0.1, 0.15) is 26.3 Å². The smallest absolute Gasteiger partial charge is 0.228 e. The van der Waals surface area contributed by atoms with Gasteiger partial charge in [0.1, 0.15) is 0 Å². The third-order valence-corrected chi connectivity index (χ3v) is 3.63. The van der Waals surface area contributed by atoms with E-state index in [-0.39, 0.29) is 5.91 Å². The SMILES string of the molecule is CC(C)=C(Cn1cc(NC(=O)Cc2ccccc2)cn1)/C(C)=N\O. The fourth-order valence-electron chi connectivity index (χ4n) is 2.36. The summed E-state index contributed by atoms with van der Waals surface area (Å²) in [4.78, 5) is 12.1. The fraction of sp³-hybridized carbons (Fsp3) is 0.278. The van der Waals surface area contributed by atoms with E-state index in [2.05, 4.69) is 15.6 Å². The van der Waals surface area contributed by atoms with E-state index >= 15 is 0 Å². The van der Waals surface area contributed by atoms with Crippen LogP contribution in [-0.4, -0.2) is 26.6 Å². The Hall–Kier alpha value is -2.89. The van der Waals surface area contributed by atoms with Gasteiger partial charge in [-0.2, -0.15) is 5.10 Å². The molecule has 0 atom stereocenters. The zero-order chi connectivity index (χ0) is 17.5. The number of hydrogen-bond acceptors (Lipinski definition) is 4. The van der Waals surface area contributed by atoms with Crippen molar-refractivity contribution in [2.45, 2.75) is 33.7 Å². The minimum atomic E-state index is -0.0868. The third kappa shape index (κ3) is 4.81. The molecule has 2 N–H and O–H groups in total. The zero-order valence-electron chi connectivity index (χ0n) is 14.2. The predicted molar refractivity (Wildman–Crippen MR) is 94.3 cm³/mol. The van der Waals surface area contributed by atoms with Gasteiger partial charge in [0.25, 0.3) is 0 Å². The molecule has 126 valence electrons. The van der Waals surface area contributed by atoms with Crippen molar-refractivity contribution in [2.24, 2.45) is 5.16 Å². The van der Waals surface area contributed by atoms with Crippen LogP contribution in [0.2, 0.25) is 0 Å². The van der Waals surface area contributed by atoms with Crippen molar-refractivity contribution in [3.63, 3.8) is 0 Å². The fourth-order valence-corrected chi connectivity index (χ4v) is 2.36. The lowest BCUT2D eigenvalue weighted by Crippen LogP contribution is -2.14. The Kier molecular flexibility index (Phi) is 5.89. The molecule has 0 saturated carbocycles. The Morgan fingerprint density at radius 2 is 1.96 bits per heavy atom. The van der Waals surface area contributed by atoms with Gasteiger partial charge in [0, 0.05) is 6.20 Å². The van der Waals surface area contributed by atoms with Crippen LogP contribution < -0.4 is 5.32 Å². The second kappa shape index (κ2) is 8.10. The van der Waals surface area contributed by atoms with E-state index in [9.17, 15) is 4.79 Å². The van der Waals surface area contributed by atoms with E-state index in [4.69, 9.17) is 5.21 Å². The average molecular weight is 326 g/mol. The van der Waals surface area contributed by atoms with Crippen molar-refractivity contribution >= 4 is 17.3 Å². The summed E-state index contributed by atoms with van der Waals surface area (Å²) >= 11 is 0. The van der Waals surface area contributed by atoms with Crippen LogP contribution in [0.25, 0.3) is 0 Å². The predicted octanol–water partition coefficient (Wildman–Crippen LogP) is 3.25. The van der Waals surface area contributed by atoms with Crippen molar-refractivity contribution in [1.29, 1.82) is 0 Å². The Bertz CT molecular complexity index is 756. The summed E-state index contributed by atoms with van der Waals surface area (Å²) < 4.78 is 1.70. The molecule has 1 aromatic heterocycles. The molecule has 2 aromatic rings. The zero-order valence-corrected chi connectivity index (χ0v) is 14.2. The van der Waals surface area contributed by atoms with E-state index in [0.717, 1.165) is 16.7 Å². The molecule has 0 spiro atoms. The summed E-state index contributed by atoms with van der Waals surface area (Å²) in [5, 5.41) is 19.3. The molecule has 0 fully saturated rings. The van der Waals surface area contributed by atoms with Crippen molar-refractivity contribution in [3.8, 4) is 0 Å². The summed E-state index contributed by atoms with van der Waals surface area (Å²) in [5.74, 6) is -0.0868. The van der Waals surface area contributed by atoms with Gasteiger partial charge in [0.2, 0.25) is 5.91 Å². The number of oxime groups is 1. The maximum Gasteiger partial charge on any atom is 0.228 e. The van der Waals surface area contributed by atoms with Gasteiger partial charge in [-0.15, -0.1) is 0 Å². The summed E-state index contributed by atoms with van der Waals surface area (Å²) in [7, 11) is 0. The minimum Gasteiger partial charge on any atom is -0.411 e. The van der Waals surface area contributed by atoms with Crippen LogP contribution in [0.15, 0.2) is 59.0 Å². The molecule has 0 aliphatic carbocycles. The molecule has 1 heterocycles. The molecule has 0 bridgehead atoms. The first kappa shape index (κ1) is 17.5. The topological polar surface area (TPSA) is 79.5 Å². The summed E-state index contributed by atoms with van der Waals surface area (Å²) in [6.45, 7) is 6.13. The number of amides is 1. The average Bonchev–Trinajstić information content (AvgIpc) is 2.99. The van der Waals surface area contributed by atoms with Crippen LogP contribution in [0.5, 0.6) is 0 Å². The van der Waals surface area contributed by atoms with E-state index in [0.29, 0.717) is 24.4 Å². The maximum atomic E-state index is 12.1. The van der Waals surface area contributed by atoms with Gasteiger partial charge >= 0.3 is 0 Å². The van der Waals surface area contributed by atoms with E-state index < -0.39 is 0 Å². The number of benzene rings is 1. The van der Waals surface area contributed by atoms with E-state index in [1.54, 1.807) is 24.0 Å². The summed E-state index contributed by atoms with van der Waals surface area (Å²) in [5.41, 5.74) is 4.12. The number of nitrogens with one attached hydrogen (secondary N) is 1. The minimum absolute atomic E-state index is 0.0868. The molecule has 24 heavy (non-hydrogen) atoms. The van der Waals surface area contributed by atoms with Crippen LogP contribution in [0.3, 0.4) is 0 Å². The quantitative estimate of drug-likeness (QED) is 0.486.